The summed E-state index contributed by atoms with van der Waals surface area (Å²) >= 11 is 5.34. The molecule has 0 fully saturated rings. The maximum atomic E-state index is 12.6. The van der Waals surface area contributed by atoms with Gasteiger partial charge in [0.1, 0.15) is 0 Å². The fourth-order valence-corrected chi connectivity index (χ4v) is 2.79. The third-order valence-electron chi connectivity index (χ3n) is 3.71. The van der Waals surface area contributed by atoms with Crippen LogP contribution in [0, 0.1) is 4.77 Å². The molecule has 0 radical (unpaired) electrons. The van der Waals surface area contributed by atoms with Gasteiger partial charge in [0.15, 0.2) is 4.77 Å². The van der Waals surface area contributed by atoms with Gasteiger partial charge < -0.3 is 4.98 Å². The van der Waals surface area contributed by atoms with Crippen molar-refractivity contribution in [1.82, 2.24) is 9.55 Å². The highest BCUT2D eigenvalue weighted by Gasteiger charge is 2.10. The van der Waals surface area contributed by atoms with Crippen molar-refractivity contribution >= 4 is 23.1 Å². The molecule has 21 heavy (non-hydrogen) atoms. The van der Waals surface area contributed by atoms with Crippen molar-refractivity contribution in [2.75, 3.05) is 0 Å². The minimum Gasteiger partial charge on any atom is -0.332 e. The summed E-state index contributed by atoms with van der Waals surface area (Å²) < 4.78 is 2.12. The number of fused-ring (bicyclic) bond motifs is 1. The summed E-state index contributed by atoms with van der Waals surface area (Å²) in [5, 5.41) is 0.673. The lowest BCUT2D eigenvalue weighted by Gasteiger charge is -2.14. The molecule has 0 aliphatic heterocycles. The van der Waals surface area contributed by atoms with Crippen LogP contribution in [-0.4, -0.2) is 9.55 Å². The number of para-hydroxylation sites is 1. The maximum absolute atomic E-state index is 12.6. The number of nitrogens with zero attached hydrogens (tertiary/aromatic N) is 1. The summed E-state index contributed by atoms with van der Waals surface area (Å²) in [6.45, 7) is 2.68. The number of hydrogen-bond acceptors (Lipinski definition) is 2. The first-order valence-corrected chi connectivity index (χ1v) is 7.34. The smallest absolute Gasteiger partial charge is 0.262 e. The Morgan fingerprint density at radius 2 is 1.76 bits per heavy atom. The van der Waals surface area contributed by atoms with Crippen molar-refractivity contribution in [2.45, 2.75) is 19.4 Å². The molecule has 1 aromatic heterocycles. The minimum atomic E-state index is -0.0304. The zero-order valence-electron chi connectivity index (χ0n) is 11.7. The Bertz CT molecular complexity index is 880. The van der Waals surface area contributed by atoms with Crippen LogP contribution in [0.4, 0.5) is 0 Å². The summed E-state index contributed by atoms with van der Waals surface area (Å²) in [6.07, 6.45) is 0. The molecular weight excluding hydrogens is 280 g/mol. The van der Waals surface area contributed by atoms with E-state index >= 15 is 0 Å². The Kier molecular flexibility index (Phi) is 3.71. The normalized spacial score (nSPS) is 12.4. The number of rotatable bonds is 3. The molecule has 0 saturated carbocycles. The van der Waals surface area contributed by atoms with Crippen molar-refractivity contribution in [3.63, 3.8) is 0 Å². The average molecular weight is 296 g/mol. The van der Waals surface area contributed by atoms with Crippen LogP contribution in [0.1, 0.15) is 18.4 Å². The van der Waals surface area contributed by atoms with E-state index in [0.717, 1.165) is 5.52 Å². The van der Waals surface area contributed by atoms with Gasteiger partial charge in [-0.1, -0.05) is 49.4 Å². The Hall–Kier alpha value is -2.20. The van der Waals surface area contributed by atoms with Gasteiger partial charge in [-0.2, -0.15) is 0 Å². The van der Waals surface area contributed by atoms with Crippen molar-refractivity contribution in [1.29, 1.82) is 0 Å². The van der Waals surface area contributed by atoms with E-state index in [0.29, 0.717) is 16.7 Å². The topological polar surface area (TPSA) is 37.8 Å². The molecule has 106 valence electrons. The van der Waals surface area contributed by atoms with E-state index in [9.17, 15) is 4.79 Å². The van der Waals surface area contributed by atoms with Gasteiger partial charge in [-0.05, 0) is 35.8 Å². The lowest BCUT2D eigenvalue weighted by molar-refractivity contribution is 0.570. The van der Waals surface area contributed by atoms with Crippen LogP contribution in [0.5, 0.6) is 0 Å². The van der Waals surface area contributed by atoms with Crippen molar-refractivity contribution in [3.05, 3.63) is 75.3 Å². The number of aromatic amines is 1. The first-order chi connectivity index (χ1) is 10.2. The second kappa shape index (κ2) is 5.66. The fraction of sp³-hybridized carbons (Fsp3) is 0.176. The van der Waals surface area contributed by atoms with E-state index < -0.39 is 0 Å². The molecular formula is C17H16N2OS. The molecule has 2 aromatic carbocycles. The van der Waals surface area contributed by atoms with Gasteiger partial charge in [-0.3, -0.25) is 9.36 Å². The lowest BCUT2D eigenvalue weighted by atomic mass is 10.0. The van der Waals surface area contributed by atoms with Crippen LogP contribution in [0.25, 0.3) is 10.9 Å². The molecule has 3 nitrogen and oxygen atoms in total. The molecule has 1 unspecified atom stereocenters. The van der Waals surface area contributed by atoms with E-state index in [2.05, 4.69) is 24.0 Å². The van der Waals surface area contributed by atoms with Crippen molar-refractivity contribution in [2.24, 2.45) is 0 Å². The molecule has 3 aromatic rings. The standard InChI is InChI=1S/C17H16N2OS/c1-12(13-7-3-2-4-8-13)11-19-16(20)14-9-5-6-10-15(14)18-17(19)21/h2-10,12H,11H2,1H3,(H,18,21). The monoisotopic (exact) mass is 296 g/mol. The van der Waals surface area contributed by atoms with Crippen LogP contribution < -0.4 is 5.56 Å². The SMILES string of the molecule is CC(Cn1c(=S)[nH]c2ccccc2c1=O)c1ccccc1. The van der Waals surface area contributed by atoms with Crippen molar-refractivity contribution in [3.8, 4) is 0 Å². The number of hydrogen-bond donors (Lipinski definition) is 1. The number of nitrogens with one attached hydrogen (secondary N) is 1. The fourth-order valence-electron chi connectivity index (χ4n) is 2.53. The molecule has 1 N–H and O–H groups in total. The average Bonchev–Trinajstić information content (AvgIpc) is 2.52. The Morgan fingerprint density at radius 3 is 2.52 bits per heavy atom. The quantitative estimate of drug-likeness (QED) is 0.745. The molecule has 0 aliphatic carbocycles. The molecule has 3 rings (SSSR count). The van der Waals surface area contributed by atoms with Gasteiger partial charge in [-0.15, -0.1) is 0 Å². The summed E-state index contributed by atoms with van der Waals surface area (Å²) in [7, 11) is 0. The lowest BCUT2D eigenvalue weighted by Crippen LogP contribution is -2.24. The van der Waals surface area contributed by atoms with E-state index in [4.69, 9.17) is 12.2 Å². The van der Waals surface area contributed by atoms with Gasteiger partial charge >= 0.3 is 0 Å². The molecule has 0 aliphatic rings. The zero-order valence-corrected chi connectivity index (χ0v) is 12.6. The second-order valence-corrected chi connectivity index (χ2v) is 5.59. The number of H-pyrrole nitrogens is 1. The molecule has 4 heteroatoms. The van der Waals surface area contributed by atoms with Gasteiger partial charge in [0.05, 0.1) is 10.9 Å². The molecule has 1 heterocycles. The van der Waals surface area contributed by atoms with Crippen LogP contribution in [0.15, 0.2) is 59.4 Å². The summed E-state index contributed by atoms with van der Waals surface area (Å²) in [4.78, 5) is 15.7. The second-order valence-electron chi connectivity index (χ2n) is 5.20. The van der Waals surface area contributed by atoms with Gasteiger partial charge in [0.2, 0.25) is 0 Å². The molecule has 1 atom stereocenters. The summed E-state index contributed by atoms with van der Waals surface area (Å²) in [6, 6.07) is 17.6. The zero-order chi connectivity index (χ0) is 14.8. The van der Waals surface area contributed by atoms with Crippen LogP contribution >= 0.6 is 12.2 Å². The largest absolute Gasteiger partial charge is 0.332 e. The van der Waals surface area contributed by atoms with Gasteiger partial charge in [0.25, 0.3) is 5.56 Å². The number of aromatic nitrogens is 2. The van der Waals surface area contributed by atoms with Crippen molar-refractivity contribution < 1.29 is 0 Å². The Balaban J connectivity index is 2.05. The number of benzene rings is 2. The van der Waals surface area contributed by atoms with E-state index in [1.54, 1.807) is 4.57 Å². The summed E-state index contributed by atoms with van der Waals surface area (Å²) in [5.74, 6) is 0.222. The Morgan fingerprint density at radius 1 is 1.10 bits per heavy atom. The molecule has 0 bridgehead atoms. The Labute approximate surface area is 127 Å². The first-order valence-electron chi connectivity index (χ1n) is 6.93. The third kappa shape index (κ3) is 2.67. The highest BCUT2D eigenvalue weighted by atomic mass is 32.1. The highest BCUT2D eigenvalue weighted by Crippen LogP contribution is 2.16. The summed E-state index contributed by atoms with van der Waals surface area (Å²) in [5.41, 5.74) is 1.96. The van der Waals surface area contributed by atoms with Crippen LogP contribution in [0.2, 0.25) is 0 Å². The molecule has 0 amide bonds. The predicted octanol–water partition coefficient (Wildman–Crippen LogP) is 3.86. The first kappa shape index (κ1) is 13.8. The van der Waals surface area contributed by atoms with E-state index in [1.807, 2.05) is 42.5 Å². The van der Waals surface area contributed by atoms with E-state index in [1.165, 1.54) is 5.56 Å². The maximum Gasteiger partial charge on any atom is 0.262 e. The van der Waals surface area contributed by atoms with Gasteiger partial charge in [0, 0.05) is 6.54 Å². The predicted molar refractivity (Wildman–Crippen MR) is 88.2 cm³/mol. The molecule has 0 saturated heterocycles. The minimum absolute atomic E-state index is 0.0304. The molecule has 0 spiro atoms. The van der Waals surface area contributed by atoms with Crippen LogP contribution in [0.3, 0.4) is 0 Å². The third-order valence-corrected chi connectivity index (χ3v) is 4.04. The van der Waals surface area contributed by atoms with Gasteiger partial charge in [-0.25, -0.2) is 0 Å². The highest BCUT2D eigenvalue weighted by molar-refractivity contribution is 7.71. The van der Waals surface area contributed by atoms with E-state index in [-0.39, 0.29) is 11.5 Å². The van der Waals surface area contributed by atoms with Crippen LogP contribution in [-0.2, 0) is 6.54 Å².